The van der Waals surface area contributed by atoms with Crippen molar-refractivity contribution >= 4 is 17.5 Å². The first-order valence-corrected chi connectivity index (χ1v) is 6.35. The van der Waals surface area contributed by atoms with E-state index in [1.54, 1.807) is 0 Å². The van der Waals surface area contributed by atoms with Gasteiger partial charge in [-0.2, -0.15) is 0 Å². The zero-order valence-electron chi connectivity index (χ0n) is 9.28. The van der Waals surface area contributed by atoms with Crippen molar-refractivity contribution < 1.29 is 14.3 Å². The fraction of sp³-hybridized carbons (Fsp3) is 0.909. The molecule has 3 unspecified atom stereocenters. The molecule has 1 aliphatic heterocycles. The number of alkyl halides is 1. The van der Waals surface area contributed by atoms with Crippen LogP contribution in [0.5, 0.6) is 0 Å². The van der Waals surface area contributed by atoms with Gasteiger partial charge in [-0.25, -0.2) is 0 Å². The lowest BCUT2D eigenvalue weighted by atomic mass is 9.95. The third-order valence-corrected chi connectivity index (χ3v) is 3.64. The van der Waals surface area contributed by atoms with Gasteiger partial charge < -0.3 is 14.8 Å². The number of ether oxygens (including phenoxy) is 2. The number of hydrogen-bond donors (Lipinski definition) is 1. The molecule has 0 aromatic heterocycles. The monoisotopic (exact) mass is 247 g/mol. The molecule has 1 N–H and O–H groups in total. The van der Waals surface area contributed by atoms with E-state index in [0.717, 1.165) is 25.7 Å². The van der Waals surface area contributed by atoms with Crippen molar-refractivity contribution in [2.75, 3.05) is 19.8 Å². The summed E-state index contributed by atoms with van der Waals surface area (Å²) >= 11 is 6.18. The molecule has 0 radical (unpaired) electrons. The molecule has 0 aromatic rings. The molecule has 1 saturated heterocycles. The maximum Gasteiger partial charge on any atom is 0.251 e. The van der Waals surface area contributed by atoms with E-state index in [4.69, 9.17) is 21.1 Å². The Balaban J connectivity index is 1.80. The van der Waals surface area contributed by atoms with Gasteiger partial charge in [0.15, 0.2) is 6.10 Å². The van der Waals surface area contributed by atoms with Crippen LogP contribution in [-0.4, -0.2) is 43.3 Å². The summed E-state index contributed by atoms with van der Waals surface area (Å²) in [5.41, 5.74) is 0. The van der Waals surface area contributed by atoms with Gasteiger partial charge in [0.05, 0.1) is 25.2 Å². The summed E-state index contributed by atoms with van der Waals surface area (Å²) in [7, 11) is 0. The maximum atomic E-state index is 11.8. The third kappa shape index (κ3) is 3.09. The molecule has 3 atom stereocenters. The van der Waals surface area contributed by atoms with Crippen molar-refractivity contribution in [3.05, 3.63) is 0 Å². The van der Waals surface area contributed by atoms with Gasteiger partial charge >= 0.3 is 0 Å². The van der Waals surface area contributed by atoms with Crippen LogP contribution in [0.1, 0.15) is 25.7 Å². The van der Waals surface area contributed by atoms with Crippen LogP contribution in [-0.2, 0) is 14.3 Å². The first-order chi connectivity index (χ1) is 7.77. The van der Waals surface area contributed by atoms with Crippen LogP contribution in [0.15, 0.2) is 0 Å². The fourth-order valence-electron chi connectivity index (χ4n) is 2.16. The van der Waals surface area contributed by atoms with E-state index in [1.807, 2.05) is 0 Å². The number of hydrogen-bond acceptors (Lipinski definition) is 3. The standard InChI is InChI=1S/C11H18ClNO3/c12-8-3-1-2-4-9(8)13-11(14)10-7-15-5-6-16-10/h8-10H,1-7H2,(H,13,14). The fourth-order valence-corrected chi connectivity index (χ4v) is 2.51. The summed E-state index contributed by atoms with van der Waals surface area (Å²) in [6, 6.07) is 0.0912. The van der Waals surface area contributed by atoms with Crippen LogP contribution in [0, 0.1) is 0 Å². The van der Waals surface area contributed by atoms with Crippen LogP contribution in [0.4, 0.5) is 0 Å². The largest absolute Gasteiger partial charge is 0.376 e. The minimum atomic E-state index is -0.459. The summed E-state index contributed by atoms with van der Waals surface area (Å²) < 4.78 is 10.5. The van der Waals surface area contributed by atoms with Crippen molar-refractivity contribution in [3.8, 4) is 0 Å². The van der Waals surface area contributed by atoms with Gasteiger partial charge in [0.25, 0.3) is 5.91 Å². The summed E-state index contributed by atoms with van der Waals surface area (Å²) in [4.78, 5) is 11.8. The Labute approximate surface area is 101 Å². The van der Waals surface area contributed by atoms with Crippen molar-refractivity contribution in [1.82, 2.24) is 5.32 Å². The normalized spacial score (nSPS) is 35.7. The molecule has 1 saturated carbocycles. The van der Waals surface area contributed by atoms with Crippen molar-refractivity contribution in [2.24, 2.45) is 0 Å². The van der Waals surface area contributed by atoms with E-state index in [1.165, 1.54) is 0 Å². The number of carbonyl (C=O) groups is 1. The minimum Gasteiger partial charge on any atom is -0.376 e. The maximum absolute atomic E-state index is 11.8. The average Bonchev–Trinajstić information content (AvgIpc) is 2.33. The summed E-state index contributed by atoms with van der Waals surface area (Å²) in [5, 5.41) is 3.02. The molecule has 0 bridgehead atoms. The lowest BCUT2D eigenvalue weighted by Crippen LogP contribution is -2.50. The molecule has 1 aliphatic carbocycles. The second-order valence-electron chi connectivity index (χ2n) is 4.35. The molecule has 2 rings (SSSR count). The topological polar surface area (TPSA) is 47.6 Å². The highest BCUT2D eigenvalue weighted by atomic mass is 35.5. The highest BCUT2D eigenvalue weighted by Crippen LogP contribution is 2.23. The number of amides is 1. The second kappa shape index (κ2) is 5.84. The molecule has 0 spiro atoms. The predicted molar refractivity (Wildman–Crippen MR) is 60.6 cm³/mol. The van der Waals surface area contributed by atoms with Crippen LogP contribution < -0.4 is 5.32 Å². The Hall–Kier alpha value is -0.320. The van der Waals surface area contributed by atoms with Crippen molar-refractivity contribution in [1.29, 1.82) is 0 Å². The Bertz CT molecular complexity index is 243. The van der Waals surface area contributed by atoms with Gasteiger partial charge in [-0.1, -0.05) is 12.8 Å². The highest BCUT2D eigenvalue weighted by molar-refractivity contribution is 6.21. The van der Waals surface area contributed by atoms with E-state index >= 15 is 0 Å². The van der Waals surface area contributed by atoms with E-state index in [2.05, 4.69) is 5.32 Å². The smallest absolute Gasteiger partial charge is 0.251 e. The SMILES string of the molecule is O=C(NC1CCCCC1Cl)C1COCCO1. The molecule has 5 heteroatoms. The van der Waals surface area contributed by atoms with Gasteiger partial charge in [-0.3, -0.25) is 4.79 Å². The van der Waals surface area contributed by atoms with Gasteiger partial charge in [0, 0.05) is 6.04 Å². The van der Waals surface area contributed by atoms with Crippen LogP contribution in [0.25, 0.3) is 0 Å². The molecule has 16 heavy (non-hydrogen) atoms. The van der Waals surface area contributed by atoms with Gasteiger partial charge in [0.1, 0.15) is 0 Å². The quantitative estimate of drug-likeness (QED) is 0.743. The minimum absolute atomic E-state index is 0.0576. The van der Waals surface area contributed by atoms with E-state index in [0.29, 0.717) is 19.8 Å². The lowest BCUT2D eigenvalue weighted by molar-refractivity contribution is -0.148. The van der Waals surface area contributed by atoms with E-state index in [9.17, 15) is 4.79 Å². The molecule has 1 amide bonds. The zero-order chi connectivity index (χ0) is 11.4. The third-order valence-electron chi connectivity index (χ3n) is 3.12. The van der Waals surface area contributed by atoms with Crippen molar-refractivity contribution in [3.63, 3.8) is 0 Å². The lowest BCUT2D eigenvalue weighted by Gasteiger charge is -2.30. The highest BCUT2D eigenvalue weighted by Gasteiger charge is 2.29. The van der Waals surface area contributed by atoms with E-state index in [-0.39, 0.29) is 17.3 Å². The molecular weight excluding hydrogens is 230 g/mol. The summed E-state index contributed by atoms with van der Waals surface area (Å²) in [6.07, 6.45) is 3.78. The average molecular weight is 248 g/mol. The molecule has 2 fully saturated rings. The number of halogens is 1. The second-order valence-corrected chi connectivity index (χ2v) is 4.91. The molecule has 2 aliphatic rings. The van der Waals surface area contributed by atoms with Gasteiger partial charge in [-0.05, 0) is 12.8 Å². The molecular formula is C11H18ClNO3. The molecule has 92 valence electrons. The van der Waals surface area contributed by atoms with Crippen LogP contribution in [0.3, 0.4) is 0 Å². The summed E-state index contributed by atoms with van der Waals surface area (Å²) in [5.74, 6) is -0.0859. The van der Waals surface area contributed by atoms with Crippen LogP contribution in [0.2, 0.25) is 0 Å². The predicted octanol–water partition coefficient (Wildman–Crippen LogP) is 1.07. The number of rotatable bonds is 2. The first-order valence-electron chi connectivity index (χ1n) is 5.91. The van der Waals surface area contributed by atoms with Crippen molar-refractivity contribution in [2.45, 2.75) is 43.2 Å². The summed E-state index contributed by atoms with van der Waals surface area (Å²) in [6.45, 7) is 1.42. The Morgan fingerprint density at radius 2 is 2.06 bits per heavy atom. The van der Waals surface area contributed by atoms with Gasteiger partial charge in [-0.15, -0.1) is 11.6 Å². The molecule has 0 aromatic carbocycles. The van der Waals surface area contributed by atoms with E-state index < -0.39 is 6.10 Å². The Morgan fingerprint density at radius 1 is 1.25 bits per heavy atom. The first kappa shape index (κ1) is 12.1. The molecule has 1 heterocycles. The zero-order valence-corrected chi connectivity index (χ0v) is 10.0. The number of nitrogens with one attached hydrogen (secondary N) is 1. The van der Waals surface area contributed by atoms with Crippen LogP contribution >= 0.6 is 11.6 Å². The molecule has 4 nitrogen and oxygen atoms in total. The van der Waals surface area contributed by atoms with Gasteiger partial charge in [0.2, 0.25) is 0 Å². The Morgan fingerprint density at radius 3 is 2.75 bits per heavy atom. The number of carbonyl (C=O) groups excluding carboxylic acids is 1. The Kier molecular flexibility index (Phi) is 4.44.